The lowest BCUT2D eigenvalue weighted by molar-refractivity contribution is -0.167. The molecular weight excluding hydrogens is 901 g/mol. The Morgan fingerprint density at radius 3 is 0.849 bits per heavy atom. The Kier molecular flexibility index (Phi) is 58.7. The van der Waals surface area contributed by atoms with E-state index in [-0.39, 0.29) is 31.1 Å². The van der Waals surface area contributed by atoms with Gasteiger partial charge in [-0.2, -0.15) is 0 Å². The molecule has 0 bridgehead atoms. The quantitative estimate of drug-likeness (QED) is 0.0261. The molecule has 0 rings (SSSR count). The molecule has 0 radical (unpaired) electrons. The maximum Gasteiger partial charge on any atom is 0.306 e. The van der Waals surface area contributed by atoms with Crippen LogP contribution in [0.3, 0.4) is 0 Å². The van der Waals surface area contributed by atoms with Crippen molar-refractivity contribution in [3.05, 3.63) is 72.9 Å². The van der Waals surface area contributed by atoms with Crippen LogP contribution in [-0.2, 0) is 28.6 Å². The second-order valence-electron chi connectivity index (χ2n) is 20.9. The van der Waals surface area contributed by atoms with Crippen LogP contribution in [0.1, 0.15) is 316 Å². The number of hydrogen-bond donors (Lipinski definition) is 0. The molecule has 0 aromatic carbocycles. The summed E-state index contributed by atoms with van der Waals surface area (Å²) in [5.41, 5.74) is 0. The van der Waals surface area contributed by atoms with E-state index in [9.17, 15) is 14.4 Å². The molecule has 0 fully saturated rings. The fraction of sp³-hybridized carbons (Fsp3) is 0.776. The summed E-state index contributed by atoms with van der Waals surface area (Å²) < 4.78 is 16.9. The predicted octanol–water partition coefficient (Wildman–Crippen LogP) is 21.3. The number of hydrogen-bond acceptors (Lipinski definition) is 6. The number of esters is 3. The van der Waals surface area contributed by atoms with Gasteiger partial charge in [-0.3, -0.25) is 14.4 Å². The second-order valence-corrected chi connectivity index (χ2v) is 20.9. The van der Waals surface area contributed by atoms with Crippen LogP contribution in [0.5, 0.6) is 0 Å². The van der Waals surface area contributed by atoms with Gasteiger partial charge in [0.2, 0.25) is 0 Å². The lowest BCUT2D eigenvalue weighted by atomic mass is 10.0. The van der Waals surface area contributed by atoms with E-state index in [1.54, 1.807) is 0 Å². The van der Waals surface area contributed by atoms with Crippen molar-refractivity contribution in [1.82, 2.24) is 0 Å². The Labute approximate surface area is 453 Å². The van der Waals surface area contributed by atoms with E-state index in [0.29, 0.717) is 19.3 Å². The molecule has 0 aliphatic rings. The van der Waals surface area contributed by atoms with Crippen LogP contribution in [0.4, 0.5) is 0 Å². The van der Waals surface area contributed by atoms with Crippen molar-refractivity contribution >= 4 is 17.9 Å². The summed E-state index contributed by atoms with van der Waals surface area (Å²) >= 11 is 0. The van der Waals surface area contributed by atoms with Crippen LogP contribution in [0.2, 0.25) is 0 Å². The van der Waals surface area contributed by atoms with Gasteiger partial charge >= 0.3 is 17.9 Å². The van der Waals surface area contributed by atoms with Gasteiger partial charge in [-0.25, -0.2) is 0 Å². The normalized spacial score (nSPS) is 12.5. The van der Waals surface area contributed by atoms with Crippen LogP contribution in [0, 0.1) is 0 Å². The van der Waals surface area contributed by atoms with E-state index in [2.05, 4.69) is 93.7 Å². The smallest absolute Gasteiger partial charge is 0.306 e. The van der Waals surface area contributed by atoms with E-state index >= 15 is 0 Å². The minimum Gasteiger partial charge on any atom is -0.462 e. The van der Waals surface area contributed by atoms with E-state index in [4.69, 9.17) is 14.2 Å². The molecule has 0 spiro atoms. The van der Waals surface area contributed by atoms with Crippen molar-refractivity contribution in [2.45, 2.75) is 322 Å². The SMILES string of the molecule is CC/C=C\C/C=C\C/C=C\C/C=C\CCCCCCCCCCCCCCCCCCC(=O)OCC(COC(=O)CCCCCCCCCCCC)OC(=O)CCCCCCC/C=C\C/C=C\CCCCCC. The molecule has 6 heteroatoms. The molecule has 0 aliphatic carbocycles. The van der Waals surface area contributed by atoms with Gasteiger partial charge in [0, 0.05) is 19.3 Å². The van der Waals surface area contributed by atoms with E-state index in [1.165, 1.54) is 167 Å². The molecule has 1 atom stereocenters. The van der Waals surface area contributed by atoms with Gasteiger partial charge < -0.3 is 14.2 Å². The molecule has 0 aromatic heterocycles. The Morgan fingerprint density at radius 2 is 0.534 bits per heavy atom. The summed E-state index contributed by atoms with van der Waals surface area (Å²) in [6.45, 7) is 6.52. The number of ether oxygens (including phenoxy) is 3. The summed E-state index contributed by atoms with van der Waals surface area (Å²) in [5, 5.41) is 0. The fourth-order valence-corrected chi connectivity index (χ4v) is 9.00. The highest BCUT2D eigenvalue weighted by atomic mass is 16.6. The van der Waals surface area contributed by atoms with Gasteiger partial charge in [-0.05, 0) is 89.9 Å². The van der Waals surface area contributed by atoms with Crippen molar-refractivity contribution in [2.75, 3.05) is 13.2 Å². The van der Waals surface area contributed by atoms with Gasteiger partial charge in [0.05, 0.1) is 0 Å². The summed E-state index contributed by atoms with van der Waals surface area (Å²) in [7, 11) is 0. The average Bonchev–Trinajstić information content (AvgIpc) is 3.39. The van der Waals surface area contributed by atoms with Gasteiger partial charge in [0.1, 0.15) is 13.2 Å². The topological polar surface area (TPSA) is 78.9 Å². The molecule has 73 heavy (non-hydrogen) atoms. The average molecular weight is 1020 g/mol. The highest BCUT2D eigenvalue weighted by molar-refractivity contribution is 5.71. The Bertz CT molecular complexity index is 1360. The monoisotopic (exact) mass is 1020 g/mol. The van der Waals surface area contributed by atoms with Crippen LogP contribution < -0.4 is 0 Å². The zero-order valence-electron chi connectivity index (χ0n) is 48.4. The van der Waals surface area contributed by atoms with E-state index in [1.807, 2.05) is 0 Å². The van der Waals surface area contributed by atoms with Gasteiger partial charge in [-0.1, -0.05) is 280 Å². The second kappa shape index (κ2) is 61.4. The third-order valence-electron chi connectivity index (χ3n) is 13.7. The van der Waals surface area contributed by atoms with Crippen molar-refractivity contribution in [2.24, 2.45) is 0 Å². The molecule has 0 heterocycles. The number of allylic oxidation sites excluding steroid dienone is 12. The predicted molar refractivity (Wildman–Crippen MR) is 316 cm³/mol. The summed E-state index contributed by atoms with van der Waals surface area (Å²) in [5.74, 6) is -0.879. The number of unbranched alkanes of at least 4 members (excludes halogenated alkanes) is 34. The van der Waals surface area contributed by atoms with Crippen molar-refractivity contribution in [3.8, 4) is 0 Å². The van der Waals surface area contributed by atoms with Crippen LogP contribution in [0.15, 0.2) is 72.9 Å². The van der Waals surface area contributed by atoms with E-state index < -0.39 is 6.10 Å². The first-order valence-electron chi connectivity index (χ1n) is 31.4. The lowest BCUT2D eigenvalue weighted by Crippen LogP contribution is -2.30. The van der Waals surface area contributed by atoms with Crippen LogP contribution in [0.25, 0.3) is 0 Å². The number of carbonyl (C=O) groups excluding carboxylic acids is 3. The van der Waals surface area contributed by atoms with Crippen molar-refractivity contribution < 1.29 is 28.6 Å². The number of carbonyl (C=O) groups is 3. The zero-order valence-corrected chi connectivity index (χ0v) is 48.4. The first kappa shape index (κ1) is 69.8. The van der Waals surface area contributed by atoms with Crippen molar-refractivity contribution in [1.29, 1.82) is 0 Å². The fourth-order valence-electron chi connectivity index (χ4n) is 9.00. The minimum atomic E-state index is -0.779. The first-order chi connectivity index (χ1) is 36.0. The molecule has 0 saturated carbocycles. The maximum atomic E-state index is 12.9. The Hall–Kier alpha value is -3.15. The third-order valence-corrected chi connectivity index (χ3v) is 13.7. The molecule has 1 unspecified atom stereocenters. The Balaban J connectivity index is 4.16. The standard InChI is InChI=1S/C67H118O6/c1-4-7-10-13-16-19-22-24-26-28-29-30-31-32-33-34-35-36-37-38-39-40-42-43-45-48-51-54-57-60-66(69)72-63-64(62-71-65(68)59-56-53-50-47-21-18-15-12-9-6-3)73-67(70)61-58-55-52-49-46-44-41-27-25-23-20-17-14-11-8-5-2/h7,10,16,19-20,23-24,26-27,29-30,41,64H,4-6,8-9,11-15,17-18,21-22,25,28,31-40,42-63H2,1-3H3/b10-7-,19-16-,23-20-,26-24-,30-29-,41-27-. The third kappa shape index (κ3) is 59.6. The summed E-state index contributed by atoms with van der Waals surface area (Å²) in [4.78, 5) is 38.2. The summed E-state index contributed by atoms with van der Waals surface area (Å²) in [6, 6.07) is 0. The largest absolute Gasteiger partial charge is 0.462 e. The zero-order chi connectivity index (χ0) is 52.9. The van der Waals surface area contributed by atoms with Gasteiger partial charge in [0.25, 0.3) is 0 Å². The highest BCUT2D eigenvalue weighted by Crippen LogP contribution is 2.17. The summed E-state index contributed by atoms with van der Waals surface area (Å²) in [6.07, 6.45) is 79.2. The molecule has 0 saturated heterocycles. The molecule has 0 amide bonds. The maximum absolute atomic E-state index is 12.9. The Morgan fingerprint density at radius 1 is 0.288 bits per heavy atom. The molecule has 0 aromatic rings. The van der Waals surface area contributed by atoms with E-state index in [0.717, 1.165) is 109 Å². The highest BCUT2D eigenvalue weighted by Gasteiger charge is 2.19. The lowest BCUT2D eigenvalue weighted by Gasteiger charge is -2.18. The molecular formula is C67H118O6. The van der Waals surface area contributed by atoms with Crippen molar-refractivity contribution in [3.63, 3.8) is 0 Å². The van der Waals surface area contributed by atoms with Gasteiger partial charge in [0.15, 0.2) is 6.10 Å². The molecule has 0 aliphatic heterocycles. The van der Waals surface area contributed by atoms with Gasteiger partial charge in [-0.15, -0.1) is 0 Å². The molecule has 422 valence electrons. The molecule has 6 nitrogen and oxygen atoms in total. The number of rotatable bonds is 57. The van der Waals surface area contributed by atoms with Crippen LogP contribution >= 0.6 is 0 Å². The molecule has 0 N–H and O–H groups in total. The minimum absolute atomic E-state index is 0.0769. The van der Waals surface area contributed by atoms with Crippen LogP contribution in [-0.4, -0.2) is 37.2 Å². The first-order valence-corrected chi connectivity index (χ1v) is 31.4.